The van der Waals surface area contributed by atoms with E-state index >= 15 is 35.1 Å². The molecular weight excluding hydrogens is 909 g/mol. The van der Waals surface area contributed by atoms with E-state index in [1.54, 1.807) is 0 Å². The summed E-state index contributed by atoms with van der Waals surface area (Å²) in [5.41, 5.74) is -10.3. The Balaban J connectivity index is 0.000000295. The van der Waals surface area contributed by atoms with Gasteiger partial charge in [-0.25, -0.2) is 87.8 Å². The molecule has 0 N–H and O–H groups in total. The Kier molecular flexibility index (Phi) is 12.8. The van der Waals surface area contributed by atoms with Crippen molar-refractivity contribution in [3.05, 3.63) is 194 Å². The number of halogens is 20. The Morgan fingerprint density at radius 3 is 0.906 bits per heavy atom. The van der Waals surface area contributed by atoms with Crippen molar-refractivity contribution < 1.29 is 92.4 Å². The lowest BCUT2D eigenvalue weighted by molar-refractivity contribution is -0.662. The van der Waals surface area contributed by atoms with Crippen molar-refractivity contribution in [2.24, 2.45) is 0 Å². The minimum atomic E-state index is -7.22. The van der Waals surface area contributed by atoms with Crippen LogP contribution in [0.3, 0.4) is 0 Å². The first-order chi connectivity index (χ1) is 30.1. The van der Waals surface area contributed by atoms with Crippen molar-refractivity contribution in [1.82, 2.24) is 0 Å². The average Bonchev–Trinajstić information content (AvgIpc) is 3.29. The molecule has 0 aliphatic heterocycles. The van der Waals surface area contributed by atoms with E-state index in [2.05, 4.69) is 78.4 Å². The van der Waals surface area contributed by atoms with Crippen molar-refractivity contribution in [1.29, 1.82) is 0 Å². The van der Waals surface area contributed by atoms with Gasteiger partial charge in [-0.05, 0) is 24.1 Å². The van der Waals surface area contributed by atoms with Gasteiger partial charge in [0, 0.05) is 23.1 Å². The molecule has 0 atom stereocenters. The predicted octanol–water partition coefficient (Wildman–Crippen LogP) is 9.58. The lowest BCUT2D eigenvalue weighted by Gasteiger charge is -2.44. The molecule has 6 aromatic carbocycles. The maximum absolute atomic E-state index is 15.4. The van der Waals surface area contributed by atoms with Gasteiger partial charge in [-0.15, -0.1) is 21.9 Å². The van der Waals surface area contributed by atoms with Crippen LogP contribution in [0.2, 0.25) is 0 Å². The van der Waals surface area contributed by atoms with Gasteiger partial charge in [-0.2, -0.15) is 4.57 Å². The molecular formula is C42H18BF20N. The standard InChI is InChI=1S/C24BF20.C18H18N/c26-5-1(6(27)14(35)21(42)13(5)34)25(2-7(28)15(36)22(43)16(37)8(2)29,3-9(30)17(38)23(44)18(39)10(3)31)4-11(32)19(40)24(45)20(41)12(4)33;1-2-15-9-11-16(12-10-15)14-19-13-5-7-17-6-3-4-8-18(17)19/h;3-13H,2,14H2,1H3/q-1;+1. The normalized spacial score (nSPS) is 11.6. The van der Waals surface area contributed by atoms with Gasteiger partial charge in [0.05, 0.1) is 0 Å². The molecule has 0 saturated heterocycles. The van der Waals surface area contributed by atoms with Crippen LogP contribution in [0.1, 0.15) is 18.1 Å². The van der Waals surface area contributed by atoms with Crippen LogP contribution in [0.4, 0.5) is 87.8 Å². The minimum absolute atomic E-state index is 0.922. The number of hydrogen-bond acceptors (Lipinski definition) is 0. The fraction of sp³-hybridized carbons (Fsp3) is 0.0714. The van der Waals surface area contributed by atoms with E-state index in [0.29, 0.717) is 0 Å². The maximum atomic E-state index is 15.4. The molecule has 0 fully saturated rings. The van der Waals surface area contributed by atoms with Gasteiger partial charge in [0.2, 0.25) is 5.52 Å². The predicted molar refractivity (Wildman–Crippen MR) is 188 cm³/mol. The fourth-order valence-electron chi connectivity index (χ4n) is 7.31. The molecule has 0 bridgehead atoms. The highest BCUT2D eigenvalue weighted by Gasteiger charge is 2.52. The highest BCUT2D eigenvalue weighted by Crippen LogP contribution is 2.31. The SMILES string of the molecule is CCc1ccc(C[n+]2cccc3ccccc32)cc1.Fc1c(F)c(F)c([B-](c2c(F)c(F)c(F)c(F)c2F)(c2c(F)c(F)c(F)c(F)c2F)c2c(F)c(F)c(F)c(F)c2F)c(F)c1F. The second kappa shape index (κ2) is 17.5. The van der Waals surface area contributed by atoms with Gasteiger partial charge < -0.3 is 0 Å². The van der Waals surface area contributed by atoms with Crippen LogP contribution in [0.5, 0.6) is 0 Å². The van der Waals surface area contributed by atoms with Gasteiger partial charge in [-0.1, -0.05) is 43.3 Å². The van der Waals surface area contributed by atoms with E-state index in [0.717, 1.165) is 13.0 Å². The first-order valence-electron chi connectivity index (χ1n) is 17.8. The largest absolute Gasteiger partial charge is 0.212 e. The minimum Gasteiger partial charge on any atom is -0.207 e. The number of fused-ring (bicyclic) bond motifs is 1. The summed E-state index contributed by atoms with van der Waals surface area (Å²) in [6.07, 6.45) is -3.97. The van der Waals surface area contributed by atoms with Crippen molar-refractivity contribution >= 4 is 38.9 Å². The molecule has 0 unspecified atom stereocenters. The molecule has 0 amide bonds. The third-order valence-electron chi connectivity index (χ3n) is 10.3. The van der Waals surface area contributed by atoms with Crippen LogP contribution in [-0.4, -0.2) is 6.15 Å². The molecule has 1 heterocycles. The number of nitrogens with zero attached hydrogens (tertiary/aromatic N) is 1. The Morgan fingerprint density at radius 2 is 0.594 bits per heavy atom. The first kappa shape index (κ1) is 46.9. The summed E-state index contributed by atoms with van der Waals surface area (Å²) < 4.78 is 296. The highest BCUT2D eigenvalue weighted by molar-refractivity contribution is 7.20. The Morgan fingerprint density at radius 1 is 0.328 bits per heavy atom. The lowest BCUT2D eigenvalue weighted by atomic mass is 9.12. The molecule has 64 heavy (non-hydrogen) atoms. The number of para-hydroxylation sites is 1. The zero-order valence-electron chi connectivity index (χ0n) is 31.3. The van der Waals surface area contributed by atoms with Crippen molar-refractivity contribution in [3.8, 4) is 0 Å². The Hall–Kier alpha value is -6.61. The molecule has 1 nitrogen and oxygen atoms in total. The molecule has 0 spiro atoms. The number of aryl methyl sites for hydroxylation is 1. The number of aromatic nitrogens is 1. The third-order valence-corrected chi connectivity index (χ3v) is 10.3. The number of pyridine rings is 1. The van der Waals surface area contributed by atoms with Crippen LogP contribution in [0.15, 0.2) is 66.9 Å². The van der Waals surface area contributed by atoms with Gasteiger partial charge in [0.1, 0.15) is 52.7 Å². The van der Waals surface area contributed by atoms with Gasteiger partial charge in [-0.3, -0.25) is 0 Å². The zero-order chi connectivity index (χ0) is 47.4. The van der Waals surface area contributed by atoms with E-state index in [1.807, 2.05) is 0 Å². The molecule has 7 aromatic rings. The monoisotopic (exact) mass is 927 g/mol. The van der Waals surface area contributed by atoms with Crippen LogP contribution in [-0.2, 0) is 13.0 Å². The summed E-state index contributed by atoms with van der Waals surface area (Å²) in [6, 6.07) is 21.7. The van der Waals surface area contributed by atoms with E-state index < -0.39 is 144 Å². The molecule has 0 aliphatic carbocycles. The van der Waals surface area contributed by atoms with Gasteiger partial charge in [0.15, 0.2) is 82.5 Å². The topological polar surface area (TPSA) is 3.88 Å². The zero-order valence-corrected chi connectivity index (χ0v) is 31.3. The Labute approximate surface area is 345 Å². The van der Waals surface area contributed by atoms with E-state index in [9.17, 15) is 52.7 Å². The van der Waals surface area contributed by atoms with Crippen molar-refractivity contribution in [3.63, 3.8) is 0 Å². The molecule has 334 valence electrons. The fourth-order valence-corrected chi connectivity index (χ4v) is 7.31. The second-order valence-electron chi connectivity index (χ2n) is 13.7. The number of hydrogen-bond donors (Lipinski definition) is 0. The van der Waals surface area contributed by atoms with Crippen LogP contribution in [0, 0.1) is 116 Å². The van der Waals surface area contributed by atoms with E-state index in [-0.39, 0.29) is 0 Å². The highest BCUT2D eigenvalue weighted by atomic mass is 19.2. The van der Waals surface area contributed by atoms with Crippen molar-refractivity contribution in [2.45, 2.75) is 19.9 Å². The summed E-state index contributed by atoms with van der Waals surface area (Å²) in [4.78, 5) is 0. The van der Waals surface area contributed by atoms with Crippen LogP contribution in [0.25, 0.3) is 10.9 Å². The molecule has 22 heteroatoms. The summed E-state index contributed by atoms with van der Waals surface area (Å²) in [7, 11) is 0. The number of rotatable bonds is 7. The van der Waals surface area contributed by atoms with Gasteiger partial charge in [0.25, 0.3) is 0 Å². The van der Waals surface area contributed by atoms with E-state index in [4.69, 9.17) is 0 Å². The smallest absolute Gasteiger partial charge is 0.207 e. The van der Waals surface area contributed by atoms with E-state index in [1.165, 1.54) is 22.0 Å². The summed E-state index contributed by atoms with van der Waals surface area (Å²) in [5.74, 6) is -71.4. The van der Waals surface area contributed by atoms with Crippen molar-refractivity contribution in [2.75, 3.05) is 0 Å². The first-order valence-corrected chi connectivity index (χ1v) is 17.8. The second-order valence-corrected chi connectivity index (χ2v) is 13.7. The molecule has 0 radical (unpaired) electrons. The quantitative estimate of drug-likeness (QED) is 0.0494. The maximum Gasteiger partial charge on any atom is 0.212 e. The number of benzene rings is 6. The lowest BCUT2D eigenvalue weighted by Crippen LogP contribution is -2.81. The Bertz CT molecular complexity index is 2620. The molecule has 7 rings (SSSR count). The summed E-state index contributed by atoms with van der Waals surface area (Å²) in [6.45, 7) is 3.11. The summed E-state index contributed by atoms with van der Waals surface area (Å²) >= 11 is 0. The average molecular weight is 927 g/mol. The molecule has 0 saturated carbocycles. The third kappa shape index (κ3) is 7.25. The van der Waals surface area contributed by atoms with Crippen LogP contribution < -0.4 is 26.4 Å². The van der Waals surface area contributed by atoms with Crippen LogP contribution >= 0.6 is 0 Å². The molecule has 1 aromatic heterocycles. The summed E-state index contributed by atoms with van der Waals surface area (Å²) in [5, 5.41) is 1.29. The molecule has 0 aliphatic rings. The van der Waals surface area contributed by atoms with Gasteiger partial charge >= 0.3 is 0 Å².